The molecular formula is C16H14ClN3O. The van der Waals surface area contributed by atoms with Crippen molar-refractivity contribution in [2.45, 2.75) is 6.92 Å². The highest BCUT2D eigenvalue weighted by molar-refractivity contribution is 6.34. The highest BCUT2D eigenvalue weighted by Gasteiger charge is 2.10. The normalized spacial score (nSPS) is 9.81. The zero-order chi connectivity index (χ0) is 15.4. The topological polar surface area (TPSA) is 64.9 Å². The zero-order valence-corrected chi connectivity index (χ0v) is 12.5. The number of aryl methyl sites for hydroxylation is 1. The van der Waals surface area contributed by atoms with E-state index in [0.29, 0.717) is 21.8 Å². The van der Waals surface area contributed by atoms with Gasteiger partial charge in [0.15, 0.2) is 0 Å². The molecule has 0 fully saturated rings. The van der Waals surface area contributed by atoms with E-state index in [9.17, 15) is 4.79 Å². The molecule has 0 radical (unpaired) electrons. The number of carbonyl (C=O) groups is 1. The number of carbonyl (C=O) groups excluding carboxylic acids is 1. The van der Waals surface area contributed by atoms with Gasteiger partial charge in [-0.15, -0.1) is 0 Å². The summed E-state index contributed by atoms with van der Waals surface area (Å²) in [4.78, 5) is 12.2. The number of rotatable bonds is 3. The number of nitrogens with zero attached hydrogens (tertiary/aromatic N) is 1. The molecule has 0 aromatic heterocycles. The maximum absolute atomic E-state index is 12.2. The summed E-state index contributed by atoms with van der Waals surface area (Å²) in [5.74, 6) is -0.243. The van der Waals surface area contributed by atoms with E-state index in [2.05, 4.69) is 10.6 Å². The first kappa shape index (κ1) is 14.9. The lowest BCUT2D eigenvalue weighted by molar-refractivity contribution is 0.102. The molecular weight excluding hydrogens is 286 g/mol. The van der Waals surface area contributed by atoms with Crippen molar-refractivity contribution in [1.29, 1.82) is 5.26 Å². The molecule has 0 atom stereocenters. The number of nitrogens with one attached hydrogen (secondary N) is 2. The summed E-state index contributed by atoms with van der Waals surface area (Å²) < 4.78 is 0. The van der Waals surface area contributed by atoms with E-state index in [1.165, 1.54) is 6.07 Å². The molecule has 2 aromatic carbocycles. The third-order valence-corrected chi connectivity index (χ3v) is 3.42. The summed E-state index contributed by atoms with van der Waals surface area (Å²) in [6, 6.07) is 12.1. The Morgan fingerprint density at radius 1 is 1.19 bits per heavy atom. The average molecular weight is 300 g/mol. The van der Waals surface area contributed by atoms with Crippen LogP contribution in [0.15, 0.2) is 36.4 Å². The third kappa shape index (κ3) is 3.33. The standard InChI is InChI=1S/C16H14ClN3O/c1-10-7-12(4-6-14(10)19-2)16(21)20-15-5-3-11(9-18)8-13(15)17/h3-8,19H,1-2H3,(H,20,21). The van der Waals surface area contributed by atoms with Gasteiger partial charge in [-0.05, 0) is 48.9 Å². The Labute approximate surface area is 128 Å². The lowest BCUT2D eigenvalue weighted by Gasteiger charge is -2.10. The van der Waals surface area contributed by atoms with Crippen LogP contribution in [0.4, 0.5) is 11.4 Å². The van der Waals surface area contributed by atoms with Gasteiger partial charge in [0.2, 0.25) is 0 Å². The van der Waals surface area contributed by atoms with Gasteiger partial charge in [-0.2, -0.15) is 5.26 Å². The van der Waals surface area contributed by atoms with Crippen molar-refractivity contribution >= 4 is 28.9 Å². The highest BCUT2D eigenvalue weighted by Crippen LogP contribution is 2.24. The summed E-state index contributed by atoms with van der Waals surface area (Å²) in [7, 11) is 1.83. The van der Waals surface area contributed by atoms with Crippen LogP contribution in [0.5, 0.6) is 0 Å². The van der Waals surface area contributed by atoms with Crippen molar-refractivity contribution < 1.29 is 4.79 Å². The van der Waals surface area contributed by atoms with Gasteiger partial charge in [0.1, 0.15) is 0 Å². The summed E-state index contributed by atoms with van der Waals surface area (Å²) >= 11 is 6.04. The van der Waals surface area contributed by atoms with Crippen molar-refractivity contribution in [1.82, 2.24) is 0 Å². The van der Waals surface area contributed by atoms with E-state index in [-0.39, 0.29) is 5.91 Å². The van der Waals surface area contributed by atoms with Gasteiger partial charge in [0.25, 0.3) is 5.91 Å². The Kier molecular flexibility index (Phi) is 4.46. The highest BCUT2D eigenvalue weighted by atomic mass is 35.5. The number of amides is 1. The molecule has 21 heavy (non-hydrogen) atoms. The third-order valence-electron chi connectivity index (χ3n) is 3.10. The number of hydrogen-bond donors (Lipinski definition) is 2. The molecule has 2 aromatic rings. The lowest BCUT2D eigenvalue weighted by Crippen LogP contribution is -2.12. The fourth-order valence-electron chi connectivity index (χ4n) is 1.97. The average Bonchev–Trinajstić information content (AvgIpc) is 2.49. The van der Waals surface area contributed by atoms with Crippen LogP contribution >= 0.6 is 11.6 Å². The largest absolute Gasteiger partial charge is 0.388 e. The fourth-order valence-corrected chi connectivity index (χ4v) is 2.19. The van der Waals surface area contributed by atoms with Crippen molar-refractivity contribution in [2.24, 2.45) is 0 Å². The minimum Gasteiger partial charge on any atom is -0.388 e. The molecule has 5 heteroatoms. The van der Waals surface area contributed by atoms with Crippen molar-refractivity contribution in [3.05, 3.63) is 58.1 Å². The molecule has 1 amide bonds. The molecule has 0 unspecified atom stereocenters. The van der Waals surface area contributed by atoms with E-state index >= 15 is 0 Å². The Morgan fingerprint density at radius 3 is 2.48 bits per heavy atom. The van der Waals surface area contributed by atoms with E-state index in [1.807, 2.05) is 26.1 Å². The molecule has 2 rings (SSSR count). The Morgan fingerprint density at radius 2 is 1.90 bits per heavy atom. The molecule has 0 spiro atoms. The molecule has 0 saturated carbocycles. The smallest absolute Gasteiger partial charge is 0.255 e. The minimum absolute atomic E-state index is 0.243. The summed E-state index contributed by atoms with van der Waals surface area (Å²) in [5, 5.41) is 14.9. The quantitative estimate of drug-likeness (QED) is 0.905. The van der Waals surface area contributed by atoms with Gasteiger partial charge in [0.05, 0.1) is 22.3 Å². The van der Waals surface area contributed by atoms with E-state index in [4.69, 9.17) is 16.9 Å². The number of benzene rings is 2. The SMILES string of the molecule is CNc1ccc(C(=O)Nc2ccc(C#N)cc2Cl)cc1C. The summed E-state index contributed by atoms with van der Waals surface area (Å²) in [6.45, 7) is 1.93. The Bertz CT molecular complexity index is 735. The summed E-state index contributed by atoms with van der Waals surface area (Å²) in [5.41, 5.74) is 3.44. The van der Waals surface area contributed by atoms with E-state index < -0.39 is 0 Å². The first-order chi connectivity index (χ1) is 10.0. The molecule has 0 heterocycles. The van der Waals surface area contributed by atoms with E-state index in [0.717, 1.165) is 11.3 Å². The van der Waals surface area contributed by atoms with Crippen molar-refractivity contribution in [2.75, 3.05) is 17.7 Å². The second kappa shape index (κ2) is 6.29. The first-order valence-corrected chi connectivity index (χ1v) is 6.72. The molecule has 0 aliphatic rings. The van der Waals surface area contributed by atoms with E-state index in [1.54, 1.807) is 24.3 Å². The van der Waals surface area contributed by atoms with Crippen LogP contribution in [-0.2, 0) is 0 Å². The zero-order valence-electron chi connectivity index (χ0n) is 11.7. The monoisotopic (exact) mass is 299 g/mol. The lowest BCUT2D eigenvalue weighted by atomic mass is 10.1. The van der Waals surface area contributed by atoms with Gasteiger partial charge in [-0.3, -0.25) is 4.79 Å². The second-order valence-corrected chi connectivity index (χ2v) is 4.95. The first-order valence-electron chi connectivity index (χ1n) is 6.34. The number of anilines is 2. The van der Waals surface area contributed by atoms with Crippen molar-refractivity contribution in [3.63, 3.8) is 0 Å². The van der Waals surface area contributed by atoms with Crippen LogP contribution in [0.1, 0.15) is 21.5 Å². The van der Waals surface area contributed by atoms with Crippen LogP contribution in [0.2, 0.25) is 5.02 Å². The van der Waals surface area contributed by atoms with Crippen LogP contribution in [0.25, 0.3) is 0 Å². The molecule has 0 aliphatic carbocycles. The molecule has 4 nitrogen and oxygen atoms in total. The van der Waals surface area contributed by atoms with Gasteiger partial charge in [-0.1, -0.05) is 11.6 Å². The molecule has 0 aliphatic heterocycles. The predicted octanol–water partition coefficient (Wildman–Crippen LogP) is 3.81. The van der Waals surface area contributed by atoms with Crippen LogP contribution in [0.3, 0.4) is 0 Å². The molecule has 0 saturated heterocycles. The maximum atomic E-state index is 12.2. The fraction of sp³-hybridized carbons (Fsp3) is 0.125. The van der Waals surface area contributed by atoms with Gasteiger partial charge >= 0.3 is 0 Å². The Balaban J connectivity index is 2.22. The number of hydrogen-bond acceptors (Lipinski definition) is 3. The van der Waals surface area contributed by atoms with Crippen LogP contribution in [0, 0.1) is 18.3 Å². The second-order valence-electron chi connectivity index (χ2n) is 4.54. The molecule has 2 N–H and O–H groups in total. The van der Waals surface area contributed by atoms with Gasteiger partial charge < -0.3 is 10.6 Å². The van der Waals surface area contributed by atoms with Crippen LogP contribution < -0.4 is 10.6 Å². The maximum Gasteiger partial charge on any atom is 0.255 e. The van der Waals surface area contributed by atoms with Crippen molar-refractivity contribution in [3.8, 4) is 6.07 Å². The molecule has 106 valence electrons. The summed E-state index contributed by atoms with van der Waals surface area (Å²) in [6.07, 6.45) is 0. The molecule has 0 bridgehead atoms. The number of nitriles is 1. The number of halogens is 1. The predicted molar refractivity (Wildman–Crippen MR) is 84.8 cm³/mol. The Hall–Kier alpha value is -2.51. The van der Waals surface area contributed by atoms with Gasteiger partial charge in [0, 0.05) is 18.3 Å². The van der Waals surface area contributed by atoms with Crippen LogP contribution in [-0.4, -0.2) is 13.0 Å². The van der Waals surface area contributed by atoms with Gasteiger partial charge in [-0.25, -0.2) is 0 Å². The minimum atomic E-state index is -0.243.